The first kappa shape index (κ1) is 27.2. The Bertz CT molecular complexity index is 1060. The van der Waals surface area contributed by atoms with Gasteiger partial charge in [-0.15, -0.1) is 0 Å². The minimum absolute atomic E-state index is 0.124. The smallest absolute Gasteiger partial charge is 0.257 e. The van der Waals surface area contributed by atoms with E-state index in [1.807, 2.05) is 19.1 Å². The zero-order valence-corrected chi connectivity index (χ0v) is 23.0. The molecule has 1 N–H and O–H groups in total. The summed E-state index contributed by atoms with van der Waals surface area (Å²) >= 11 is 12.3. The number of hydrogen-bond donors (Lipinski definition) is 1. The van der Waals surface area contributed by atoms with Gasteiger partial charge in [-0.1, -0.05) is 36.5 Å². The van der Waals surface area contributed by atoms with Crippen molar-refractivity contribution in [3.05, 3.63) is 62.9 Å². The topological polar surface area (TPSA) is 41.6 Å². The number of ether oxygens (including phenoxy) is 1. The lowest BCUT2D eigenvalue weighted by molar-refractivity contribution is 0.0742. The summed E-state index contributed by atoms with van der Waals surface area (Å²) in [6, 6.07) is 9.08. The molecule has 1 heterocycles. The minimum Gasteiger partial charge on any atom is -0.493 e. The number of hydrogen-bond acceptors (Lipinski definition) is 3. The van der Waals surface area contributed by atoms with Gasteiger partial charge in [0.2, 0.25) is 0 Å². The van der Waals surface area contributed by atoms with E-state index in [2.05, 4.69) is 19.2 Å². The van der Waals surface area contributed by atoms with E-state index in [1.165, 1.54) is 6.07 Å². The van der Waals surface area contributed by atoms with Crippen LogP contribution in [-0.2, 0) is 0 Å². The van der Waals surface area contributed by atoms with Gasteiger partial charge in [0, 0.05) is 34.7 Å². The van der Waals surface area contributed by atoms with Crippen LogP contribution in [0.15, 0.2) is 30.3 Å². The minimum atomic E-state index is -0.484. The molecule has 1 saturated carbocycles. The van der Waals surface area contributed by atoms with Crippen molar-refractivity contribution in [1.29, 1.82) is 0 Å². The zero-order chi connectivity index (χ0) is 25.8. The van der Waals surface area contributed by atoms with Gasteiger partial charge in [-0.05, 0) is 99.7 Å². The highest BCUT2D eigenvalue weighted by Crippen LogP contribution is 2.45. The van der Waals surface area contributed by atoms with Gasteiger partial charge >= 0.3 is 0 Å². The summed E-state index contributed by atoms with van der Waals surface area (Å²) in [6.45, 7) is 8.31. The van der Waals surface area contributed by atoms with Crippen molar-refractivity contribution >= 4 is 29.1 Å². The molecule has 1 saturated heterocycles. The number of halogens is 3. The van der Waals surface area contributed by atoms with Crippen molar-refractivity contribution in [3.63, 3.8) is 0 Å². The Morgan fingerprint density at radius 3 is 2.50 bits per heavy atom. The number of rotatable bonds is 11. The van der Waals surface area contributed by atoms with Crippen LogP contribution in [0.4, 0.5) is 4.39 Å². The second-order valence-corrected chi connectivity index (χ2v) is 11.3. The van der Waals surface area contributed by atoms with E-state index in [4.69, 9.17) is 27.9 Å². The van der Waals surface area contributed by atoms with Gasteiger partial charge in [-0.3, -0.25) is 4.79 Å². The number of likely N-dealkylation sites (tertiary alicyclic amines) is 1. The van der Waals surface area contributed by atoms with Crippen molar-refractivity contribution in [1.82, 2.24) is 10.2 Å². The van der Waals surface area contributed by atoms with Crippen LogP contribution < -0.4 is 10.1 Å². The van der Waals surface area contributed by atoms with Crippen LogP contribution in [0.25, 0.3) is 0 Å². The summed E-state index contributed by atoms with van der Waals surface area (Å²) in [5.74, 6) is 0.597. The maximum absolute atomic E-state index is 15.1. The molecule has 2 fully saturated rings. The SMILES string of the molecule is CCC(CCNC(C)c1cc(Cl)cc(Cl)c1)COc1cc(F)c(C(=O)N2CCCC2C)cc1C1CC1. The fourth-order valence-corrected chi connectivity index (χ4v) is 5.57. The van der Waals surface area contributed by atoms with Gasteiger partial charge in [0.25, 0.3) is 5.91 Å². The fraction of sp³-hybridized carbons (Fsp3) is 0.552. The van der Waals surface area contributed by atoms with Crippen molar-refractivity contribution in [2.75, 3.05) is 19.7 Å². The maximum atomic E-state index is 15.1. The molecule has 7 heteroatoms. The predicted octanol–water partition coefficient (Wildman–Crippen LogP) is 7.78. The molecule has 4 rings (SSSR count). The second kappa shape index (κ2) is 12.1. The fourth-order valence-electron chi connectivity index (χ4n) is 5.02. The van der Waals surface area contributed by atoms with Crippen LogP contribution in [0.1, 0.15) is 92.7 Å². The first-order valence-corrected chi connectivity index (χ1v) is 14.0. The molecule has 2 aromatic rings. The van der Waals surface area contributed by atoms with E-state index < -0.39 is 5.82 Å². The zero-order valence-electron chi connectivity index (χ0n) is 21.5. The van der Waals surface area contributed by atoms with E-state index in [-0.39, 0.29) is 23.6 Å². The van der Waals surface area contributed by atoms with Gasteiger partial charge < -0.3 is 15.0 Å². The quantitative estimate of drug-likeness (QED) is 0.320. The Morgan fingerprint density at radius 1 is 1.17 bits per heavy atom. The number of carbonyl (C=O) groups is 1. The summed E-state index contributed by atoms with van der Waals surface area (Å²) in [7, 11) is 0. The normalized spacial score (nSPS) is 19.4. The van der Waals surface area contributed by atoms with Gasteiger partial charge in [-0.25, -0.2) is 4.39 Å². The molecule has 0 radical (unpaired) electrons. The second-order valence-electron chi connectivity index (χ2n) is 10.4. The van der Waals surface area contributed by atoms with E-state index >= 15 is 4.39 Å². The number of amides is 1. The number of carbonyl (C=O) groups excluding carboxylic acids is 1. The molecule has 3 unspecified atom stereocenters. The monoisotopic (exact) mass is 534 g/mol. The van der Waals surface area contributed by atoms with Gasteiger partial charge in [0.15, 0.2) is 0 Å². The molecule has 0 bridgehead atoms. The molecule has 1 aliphatic heterocycles. The van der Waals surface area contributed by atoms with Gasteiger partial charge in [0.1, 0.15) is 11.6 Å². The van der Waals surface area contributed by atoms with Gasteiger partial charge in [0.05, 0.1) is 12.2 Å². The van der Waals surface area contributed by atoms with Crippen molar-refractivity contribution in [3.8, 4) is 5.75 Å². The Morgan fingerprint density at radius 2 is 1.89 bits per heavy atom. The molecule has 1 aliphatic carbocycles. The molecule has 2 aromatic carbocycles. The largest absolute Gasteiger partial charge is 0.493 e. The highest BCUT2D eigenvalue weighted by Gasteiger charge is 2.32. The highest BCUT2D eigenvalue weighted by atomic mass is 35.5. The lowest BCUT2D eigenvalue weighted by Crippen LogP contribution is -2.34. The highest BCUT2D eigenvalue weighted by molar-refractivity contribution is 6.34. The lowest BCUT2D eigenvalue weighted by Gasteiger charge is -2.23. The Hall–Kier alpha value is -1.82. The Balaban J connectivity index is 1.36. The number of nitrogens with one attached hydrogen (secondary N) is 1. The standard InChI is InChI=1S/C29H37Cl2FN2O2/c1-4-20(9-10-33-19(3)22-12-23(30)14-24(31)13-22)17-36-28-16-27(32)26(15-25(28)21-7-8-21)29(35)34-11-5-6-18(34)2/h12-16,18-21,33H,4-11,17H2,1-3H3. The molecule has 196 valence electrons. The molecular weight excluding hydrogens is 498 g/mol. The van der Waals surface area contributed by atoms with Crippen molar-refractivity contribution in [2.24, 2.45) is 5.92 Å². The van der Waals surface area contributed by atoms with Crippen LogP contribution in [0, 0.1) is 11.7 Å². The summed E-state index contributed by atoms with van der Waals surface area (Å²) in [5, 5.41) is 4.80. The first-order valence-electron chi connectivity index (χ1n) is 13.2. The predicted molar refractivity (Wildman–Crippen MR) is 145 cm³/mol. The molecule has 2 aliphatic rings. The van der Waals surface area contributed by atoms with Crippen LogP contribution in [0.3, 0.4) is 0 Å². The Labute approximate surface area is 224 Å². The summed E-state index contributed by atoms with van der Waals surface area (Å²) in [5.41, 5.74) is 2.22. The lowest BCUT2D eigenvalue weighted by atomic mass is 10.0. The number of nitrogens with zero attached hydrogens (tertiary/aromatic N) is 1. The molecule has 0 spiro atoms. The first-order chi connectivity index (χ1) is 17.3. The van der Waals surface area contributed by atoms with Crippen molar-refractivity contribution in [2.45, 2.75) is 77.3 Å². The Kier molecular flexibility index (Phi) is 9.19. The van der Waals surface area contributed by atoms with E-state index in [9.17, 15) is 4.79 Å². The van der Waals surface area contributed by atoms with E-state index in [1.54, 1.807) is 17.0 Å². The molecule has 3 atom stereocenters. The van der Waals surface area contributed by atoms with E-state index in [0.29, 0.717) is 40.8 Å². The molecule has 36 heavy (non-hydrogen) atoms. The van der Waals surface area contributed by atoms with Crippen LogP contribution in [-0.4, -0.2) is 36.5 Å². The van der Waals surface area contributed by atoms with E-state index in [0.717, 1.165) is 56.2 Å². The number of benzene rings is 2. The summed E-state index contributed by atoms with van der Waals surface area (Å²) in [4.78, 5) is 14.8. The average molecular weight is 536 g/mol. The third-order valence-electron chi connectivity index (χ3n) is 7.60. The summed E-state index contributed by atoms with van der Waals surface area (Å²) < 4.78 is 21.3. The average Bonchev–Trinajstić information content (AvgIpc) is 3.59. The van der Waals surface area contributed by atoms with Crippen LogP contribution >= 0.6 is 23.2 Å². The molecule has 0 aromatic heterocycles. The maximum Gasteiger partial charge on any atom is 0.257 e. The molecule has 4 nitrogen and oxygen atoms in total. The molecular formula is C29H37Cl2FN2O2. The molecule has 1 amide bonds. The van der Waals surface area contributed by atoms with Crippen molar-refractivity contribution < 1.29 is 13.9 Å². The van der Waals surface area contributed by atoms with Crippen LogP contribution in [0.5, 0.6) is 5.75 Å². The third-order valence-corrected chi connectivity index (χ3v) is 8.04. The summed E-state index contributed by atoms with van der Waals surface area (Å²) in [6.07, 6.45) is 5.96. The van der Waals surface area contributed by atoms with Crippen LogP contribution in [0.2, 0.25) is 10.0 Å². The van der Waals surface area contributed by atoms with Gasteiger partial charge in [-0.2, -0.15) is 0 Å². The third kappa shape index (κ3) is 6.73.